The second kappa shape index (κ2) is 7.22. The number of rotatable bonds is 5. The van der Waals surface area contributed by atoms with Crippen molar-refractivity contribution in [1.82, 2.24) is 19.5 Å². The van der Waals surface area contributed by atoms with E-state index in [1.54, 1.807) is 4.57 Å². The van der Waals surface area contributed by atoms with Crippen LogP contribution < -0.4 is 5.73 Å². The monoisotopic (exact) mass is 365 g/mol. The van der Waals surface area contributed by atoms with Crippen molar-refractivity contribution in [2.45, 2.75) is 32.3 Å². The number of aliphatic hydroxyl groups excluding tert-OH is 1. The molecule has 1 aliphatic rings. The Kier molecular flexibility index (Phi) is 5.00. The smallest absolute Gasteiger partial charge is 0.303 e. The average Bonchev–Trinajstić information content (AvgIpc) is 3.14. The van der Waals surface area contributed by atoms with E-state index in [9.17, 15) is 14.7 Å². The van der Waals surface area contributed by atoms with E-state index in [1.807, 2.05) is 0 Å². The number of anilines is 1. The van der Waals surface area contributed by atoms with Gasteiger partial charge in [0.15, 0.2) is 23.8 Å². The third kappa shape index (κ3) is 3.30. The van der Waals surface area contributed by atoms with Crippen LogP contribution in [0.1, 0.15) is 20.1 Å². The fraction of sp³-hybridized carbons (Fsp3) is 0.533. The van der Waals surface area contributed by atoms with Gasteiger partial charge >= 0.3 is 11.9 Å². The standard InChI is InChI=1S/C15H19N5O6/c1-7(22)24-4-9-10(3-21)26-15(12(9)25-8(2)23)20-6-19-11-13(16)17-5-18-14(11)20/h5-6,9-10,12,15,21H,3-4H2,1-2H3,(H2,16,17,18)/t9-,10-,12-,15-/m1/s1. The highest BCUT2D eigenvalue weighted by Crippen LogP contribution is 2.38. The summed E-state index contributed by atoms with van der Waals surface area (Å²) in [7, 11) is 0. The van der Waals surface area contributed by atoms with Gasteiger partial charge in [-0.25, -0.2) is 15.0 Å². The van der Waals surface area contributed by atoms with E-state index >= 15 is 0 Å². The zero-order chi connectivity index (χ0) is 18.8. The summed E-state index contributed by atoms with van der Waals surface area (Å²) >= 11 is 0. The van der Waals surface area contributed by atoms with E-state index in [4.69, 9.17) is 19.9 Å². The van der Waals surface area contributed by atoms with Crippen LogP contribution in [0.4, 0.5) is 5.82 Å². The van der Waals surface area contributed by atoms with Crippen LogP contribution in [-0.2, 0) is 23.8 Å². The molecule has 3 heterocycles. The van der Waals surface area contributed by atoms with Crippen LogP contribution >= 0.6 is 0 Å². The van der Waals surface area contributed by atoms with E-state index in [1.165, 1.54) is 26.5 Å². The van der Waals surface area contributed by atoms with Crippen LogP contribution in [0.15, 0.2) is 12.7 Å². The van der Waals surface area contributed by atoms with Crippen molar-refractivity contribution < 1.29 is 28.9 Å². The number of nitrogens with zero attached hydrogens (tertiary/aromatic N) is 4. The van der Waals surface area contributed by atoms with E-state index in [0.29, 0.717) is 11.2 Å². The molecule has 0 aromatic carbocycles. The Bertz CT molecular complexity index is 824. The number of fused-ring (bicyclic) bond motifs is 1. The van der Waals surface area contributed by atoms with Gasteiger partial charge in [0.1, 0.15) is 18.5 Å². The molecule has 11 heteroatoms. The molecule has 0 aliphatic carbocycles. The Morgan fingerprint density at radius 2 is 2.08 bits per heavy atom. The molecular formula is C15H19N5O6. The summed E-state index contributed by atoms with van der Waals surface area (Å²) in [6, 6.07) is 0. The van der Waals surface area contributed by atoms with Gasteiger partial charge in [0.05, 0.1) is 25.0 Å². The maximum Gasteiger partial charge on any atom is 0.303 e. The Morgan fingerprint density at radius 3 is 2.73 bits per heavy atom. The molecule has 3 N–H and O–H groups in total. The predicted molar refractivity (Wildman–Crippen MR) is 86.4 cm³/mol. The van der Waals surface area contributed by atoms with Gasteiger partial charge in [0, 0.05) is 13.8 Å². The van der Waals surface area contributed by atoms with Gasteiger partial charge in [-0.1, -0.05) is 0 Å². The van der Waals surface area contributed by atoms with Gasteiger partial charge in [0.25, 0.3) is 0 Å². The second-order valence-corrected chi connectivity index (χ2v) is 5.87. The minimum Gasteiger partial charge on any atom is -0.465 e. The number of nitrogens with two attached hydrogens (primary N) is 1. The molecule has 3 rings (SSSR count). The fourth-order valence-electron chi connectivity index (χ4n) is 2.99. The molecule has 140 valence electrons. The van der Waals surface area contributed by atoms with Crippen molar-refractivity contribution in [3.8, 4) is 0 Å². The highest BCUT2D eigenvalue weighted by Gasteiger charge is 2.48. The molecule has 2 aromatic heterocycles. The number of aromatic nitrogens is 4. The highest BCUT2D eigenvalue weighted by molar-refractivity contribution is 5.81. The largest absolute Gasteiger partial charge is 0.465 e. The molecule has 11 nitrogen and oxygen atoms in total. The summed E-state index contributed by atoms with van der Waals surface area (Å²) in [5.74, 6) is -1.38. The molecule has 0 saturated carbocycles. The minimum absolute atomic E-state index is 0.0707. The molecule has 1 aliphatic heterocycles. The van der Waals surface area contributed by atoms with E-state index in [-0.39, 0.29) is 19.0 Å². The number of carbonyl (C=O) groups is 2. The van der Waals surface area contributed by atoms with Gasteiger partial charge in [-0.3, -0.25) is 14.2 Å². The number of ether oxygens (including phenoxy) is 3. The van der Waals surface area contributed by atoms with Crippen molar-refractivity contribution in [2.75, 3.05) is 18.9 Å². The van der Waals surface area contributed by atoms with Gasteiger partial charge in [0.2, 0.25) is 0 Å². The molecule has 0 spiro atoms. The number of carbonyl (C=O) groups excluding carboxylic acids is 2. The van der Waals surface area contributed by atoms with E-state index < -0.39 is 36.3 Å². The molecule has 2 aromatic rings. The highest BCUT2D eigenvalue weighted by atomic mass is 16.6. The van der Waals surface area contributed by atoms with Crippen LogP contribution in [0.5, 0.6) is 0 Å². The molecule has 1 fully saturated rings. The summed E-state index contributed by atoms with van der Waals surface area (Å²) in [5.41, 5.74) is 6.56. The molecule has 0 bridgehead atoms. The van der Waals surface area contributed by atoms with Gasteiger partial charge in [-0.2, -0.15) is 0 Å². The van der Waals surface area contributed by atoms with Gasteiger partial charge < -0.3 is 25.1 Å². The van der Waals surface area contributed by atoms with E-state index in [2.05, 4.69) is 15.0 Å². The number of imidazole rings is 1. The number of aliphatic hydroxyl groups is 1. The lowest BCUT2D eigenvalue weighted by atomic mass is 9.99. The maximum absolute atomic E-state index is 11.6. The third-order valence-corrected chi connectivity index (χ3v) is 4.12. The molecule has 1 saturated heterocycles. The lowest BCUT2D eigenvalue weighted by molar-refractivity contribution is -0.155. The number of hydrogen-bond acceptors (Lipinski definition) is 10. The Morgan fingerprint density at radius 1 is 1.31 bits per heavy atom. The fourth-order valence-corrected chi connectivity index (χ4v) is 2.99. The van der Waals surface area contributed by atoms with Crippen molar-refractivity contribution in [2.24, 2.45) is 5.92 Å². The number of esters is 2. The molecular weight excluding hydrogens is 346 g/mol. The third-order valence-electron chi connectivity index (χ3n) is 4.12. The SMILES string of the molecule is CC(=O)OC[C@H]1[C@@H](OC(C)=O)[C@H](n2cnc3c(N)ncnc32)O[C@@H]1CO. The van der Waals surface area contributed by atoms with Crippen LogP contribution in [0.25, 0.3) is 11.2 Å². The molecule has 0 unspecified atom stereocenters. The lowest BCUT2D eigenvalue weighted by Gasteiger charge is -2.23. The number of nitrogen functional groups attached to an aromatic ring is 1. The predicted octanol–water partition coefficient (Wildman–Crippen LogP) is -0.591. The van der Waals surface area contributed by atoms with E-state index in [0.717, 1.165) is 0 Å². The molecule has 0 radical (unpaired) electrons. The van der Waals surface area contributed by atoms with Gasteiger partial charge in [-0.05, 0) is 0 Å². The van der Waals surface area contributed by atoms with Crippen molar-refractivity contribution in [3.63, 3.8) is 0 Å². The normalized spacial score (nSPS) is 25.3. The first-order valence-electron chi connectivity index (χ1n) is 7.92. The van der Waals surface area contributed by atoms with Crippen LogP contribution in [0.3, 0.4) is 0 Å². The first-order chi connectivity index (χ1) is 12.4. The van der Waals surface area contributed by atoms with Crippen molar-refractivity contribution >= 4 is 28.9 Å². The topological polar surface area (TPSA) is 152 Å². The Hall–Kier alpha value is -2.79. The maximum atomic E-state index is 11.6. The first-order valence-corrected chi connectivity index (χ1v) is 7.92. The summed E-state index contributed by atoms with van der Waals surface area (Å²) in [5, 5.41) is 9.65. The van der Waals surface area contributed by atoms with Crippen molar-refractivity contribution in [1.29, 1.82) is 0 Å². The zero-order valence-corrected chi connectivity index (χ0v) is 14.2. The quantitative estimate of drug-likeness (QED) is 0.657. The molecule has 0 amide bonds. The summed E-state index contributed by atoms with van der Waals surface area (Å²) in [4.78, 5) is 35.0. The van der Waals surface area contributed by atoms with Crippen LogP contribution in [0.2, 0.25) is 0 Å². The zero-order valence-electron chi connectivity index (χ0n) is 14.2. The summed E-state index contributed by atoms with van der Waals surface area (Å²) in [6.45, 7) is 2.12. The molecule has 4 atom stereocenters. The van der Waals surface area contributed by atoms with Crippen LogP contribution in [-0.4, -0.2) is 62.0 Å². The Balaban J connectivity index is 1.99. The minimum atomic E-state index is -0.823. The Labute approximate surface area is 148 Å². The van der Waals surface area contributed by atoms with Gasteiger partial charge in [-0.15, -0.1) is 0 Å². The summed E-state index contributed by atoms with van der Waals surface area (Å²) in [6.07, 6.45) is 0.374. The van der Waals surface area contributed by atoms with Crippen LogP contribution in [0, 0.1) is 5.92 Å². The average molecular weight is 365 g/mol. The lowest BCUT2D eigenvalue weighted by Crippen LogP contribution is -2.35. The van der Waals surface area contributed by atoms with Crippen molar-refractivity contribution in [3.05, 3.63) is 12.7 Å². The molecule has 26 heavy (non-hydrogen) atoms. The summed E-state index contributed by atoms with van der Waals surface area (Å²) < 4.78 is 17.9. The first kappa shape index (κ1) is 18.0. The second-order valence-electron chi connectivity index (χ2n) is 5.87. The number of hydrogen-bond donors (Lipinski definition) is 2.